The molecule has 0 atom stereocenters. The molecule has 0 saturated carbocycles. The Kier molecular flexibility index (Phi) is 4.76. The molecule has 0 aliphatic rings. The lowest BCUT2D eigenvalue weighted by atomic mass is 10.2. The van der Waals surface area contributed by atoms with Crippen molar-refractivity contribution in [2.24, 2.45) is 0 Å². The molecular weight excluding hydrogens is 310 g/mol. The topological polar surface area (TPSA) is 83.5 Å². The number of hydrogen-bond donors (Lipinski definition) is 2. The maximum Gasteiger partial charge on any atom is 0.308 e. The highest BCUT2D eigenvalue weighted by Gasteiger charge is 2.17. The monoisotopic (exact) mass is 325 g/mol. The number of thiophene rings is 1. The van der Waals surface area contributed by atoms with Gasteiger partial charge >= 0.3 is 5.97 Å². The Bertz CT molecular complexity index is 733. The number of nitrogens with one attached hydrogen (secondary N) is 1. The number of hydrogen-bond acceptors (Lipinski definition) is 4. The lowest BCUT2D eigenvalue weighted by molar-refractivity contribution is -0.136. The predicted molar refractivity (Wildman–Crippen MR) is 80.9 cm³/mol. The van der Waals surface area contributed by atoms with Gasteiger partial charge in [-0.25, -0.2) is 13.1 Å². The molecule has 2 rings (SSSR count). The SMILES string of the molecule is Cc1ccc(CNS(=O)(=O)c2ccc(CC(=O)O)s2)cc1. The van der Waals surface area contributed by atoms with E-state index in [0.29, 0.717) is 4.88 Å². The molecule has 0 aliphatic carbocycles. The molecule has 0 amide bonds. The van der Waals surface area contributed by atoms with Gasteiger partial charge in [-0.2, -0.15) is 0 Å². The van der Waals surface area contributed by atoms with Crippen molar-refractivity contribution in [3.8, 4) is 0 Å². The fourth-order valence-corrected chi connectivity index (χ4v) is 4.11. The van der Waals surface area contributed by atoms with E-state index in [4.69, 9.17) is 5.11 Å². The van der Waals surface area contributed by atoms with Crippen molar-refractivity contribution >= 4 is 27.3 Å². The Hall–Kier alpha value is -1.70. The Morgan fingerprint density at radius 2 is 1.86 bits per heavy atom. The van der Waals surface area contributed by atoms with Crippen LogP contribution < -0.4 is 4.72 Å². The Labute approximate surface area is 127 Å². The predicted octanol–water partition coefficient (Wildman–Crippen LogP) is 2.16. The highest BCUT2D eigenvalue weighted by molar-refractivity contribution is 7.91. The van der Waals surface area contributed by atoms with Gasteiger partial charge in [-0.05, 0) is 24.6 Å². The molecule has 0 unspecified atom stereocenters. The lowest BCUT2D eigenvalue weighted by Gasteiger charge is -2.05. The largest absolute Gasteiger partial charge is 0.481 e. The molecule has 1 aromatic carbocycles. The van der Waals surface area contributed by atoms with Crippen LogP contribution in [0.5, 0.6) is 0 Å². The minimum absolute atomic E-state index is 0.130. The van der Waals surface area contributed by atoms with E-state index < -0.39 is 16.0 Å². The third-order valence-electron chi connectivity index (χ3n) is 2.81. The summed E-state index contributed by atoms with van der Waals surface area (Å²) in [5.41, 5.74) is 1.98. The number of benzene rings is 1. The molecule has 0 bridgehead atoms. The fourth-order valence-electron chi connectivity index (χ4n) is 1.70. The van der Waals surface area contributed by atoms with Crippen molar-refractivity contribution < 1.29 is 18.3 Å². The highest BCUT2D eigenvalue weighted by Crippen LogP contribution is 2.22. The van der Waals surface area contributed by atoms with Crippen molar-refractivity contribution in [3.63, 3.8) is 0 Å². The van der Waals surface area contributed by atoms with Crippen LogP contribution in [0.2, 0.25) is 0 Å². The Morgan fingerprint density at radius 3 is 2.48 bits per heavy atom. The van der Waals surface area contributed by atoms with E-state index in [1.54, 1.807) is 0 Å². The first-order valence-electron chi connectivity index (χ1n) is 6.22. The fraction of sp³-hybridized carbons (Fsp3) is 0.214. The van der Waals surface area contributed by atoms with Crippen LogP contribution in [0.1, 0.15) is 16.0 Å². The van der Waals surface area contributed by atoms with Crippen molar-refractivity contribution in [1.82, 2.24) is 4.72 Å². The van der Waals surface area contributed by atoms with Crippen LogP contribution in [-0.2, 0) is 27.8 Å². The van der Waals surface area contributed by atoms with Gasteiger partial charge in [-0.1, -0.05) is 29.8 Å². The molecular formula is C14H15NO4S2. The molecule has 21 heavy (non-hydrogen) atoms. The van der Waals surface area contributed by atoms with Gasteiger partial charge in [-0.15, -0.1) is 11.3 Å². The number of aryl methyl sites for hydroxylation is 1. The van der Waals surface area contributed by atoms with E-state index in [1.807, 2.05) is 31.2 Å². The number of sulfonamides is 1. The zero-order valence-corrected chi connectivity index (χ0v) is 13.0. The van der Waals surface area contributed by atoms with Crippen LogP contribution in [0.25, 0.3) is 0 Å². The van der Waals surface area contributed by atoms with Crippen LogP contribution in [-0.4, -0.2) is 19.5 Å². The quantitative estimate of drug-likeness (QED) is 0.852. The summed E-state index contributed by atoms with van der Waals surface area (Å²) in [6.07, 6.45) is -0.169. The zero-order chi connectivity index (χ0) is 15.5. The number of aliphatic carboxylic acids is 1. The first kappa shape index (κ1) is 15.7. The van der Waals surface area contributed by atoms with Crippen LogP contribution >= 0.6 is 11.3 Å². The summed E-state index contributed by atoms with van der Waals surface area (Å²) >= 11 is 0.974. The smallest absolute Gasteiger partial charge is 0.308 e. The van der Waals surface area contributed by atoms with Crippen molar-refractivity contribution in [1.29, 1.82) is 0 Å². The Morgan fingerprint density at radius 1 is 1.19 bits per heavy atom. The number of rotatable bonds is 6. The molecule has 0 spiro atoms. The van der Waals surface area contributed by atoms with Crippen LogP contribution in [0.3, 0.4) is 0 Å². The second kappa shape index (κ2) is 6.38. The third-order valence-corrected chi connectivity index (χ3v) is 5.79. The van der Waals surface area contributed by atoms with Gasteiger partial charge in [-0.3, -0.25) is 4.79 Å². The van der Waals surface area contributed by atoms with Crippen LogP contribution in [0, 0.1) is 6.92 Å². The maximum absolute atomic E-state index is 12.1. The van der Waals surface area contributed by atoms with Gasteiger partial charge in [0.05, 0.1) is 6.42 Å². The second-order valence-corrected chi connectivity index (χ2v) is 7.76. The summed E-state index contributed by atoms with van der Waals surface area (Å²) in [5.74, 6) is -0.978. The summed E-state index contributed by atoms with van der Waals surface area (Å²) < 4.78 is 26.9. The van der Waals surface area contributed by atoms with Crippen molar-refractivity contribution in [3.05, 3.63) is 52.4 Å². The Balaban J connectivity index is 2.06. The van der Waals surface area contributed by atoms with Gasteiger partial charge in [0.15, 0.2) is 0 Å². The van der Waals surface area contributed by atoms with Crippen molar-refractivity contribution in [2.75, 3.05) is 0 Å². The second-order valence-electron chi connectivity index (χ2n) is 4.60. The molecule has 0 fully saturated rings. The average molecular weight is 325 g/mol. The molecule has 5 nitrogen and oxygen atoms in total. The van der Waals surface area contributed by atoms with E-state index in [9.17, 15) is 13.2 Å². The van der Waals surface area contributed by atoms with E-state index in [0.717, 1.165) is 22.5 Å². The standard InChI is InChI=1S/C14H15NO4S2/c1-10-2-4-11(5-3-10)9-15-21(18,19)14-7-6-12(20-14)8-13(16)17/h2-7,15H,8-9H2,1H3,(H,16,17). The number of carboxylic acids is 1. The molecule has 0 radical (unpaired) electrons. The maximum atomic E-state index is 12.1. The molecule has 2 N–H and O–H groups in total. The molecule has 112 valence electrons. The summed E-state index contributed by atoms with van der Waals surface area (Å²) in [4.78, 5) is 11.1. The molecule has 0 aliphatic heterocycles. The van der Waals surface area contributed by atoms with Crippen molar-refractivity contribution in [2.45, 2.75) is 24.1 Å². The number of carboxylic acid groups (broad SMARTS) is 1. The first-order valence-corrected chi connectivity index (χ1v) is 8.52. The first-order chi connectivity index (χ1) is 9.87. The van der Waals surface area contributed by atoms with Crippen LogP contribution in [0.15, 0.2) is 40.6 Å². The number of carbonyl (C=O) groups is 1. The van der Waals surface area contributed by atoms with E-state index in [-0.39, 0.29) is 17.2 Å². The third kappa shape index (κ3) is 4.38. The lowest BCUT2D eigenvalue weighted by Crippen LogP contribution is -2.22. The average Bonchev–Trinajstić information content (AvgIpc) is 2.86. The van der Waals surface area contributed by atoms with Crippen LogP contribution in [0.4, 0.5) is 0 Å². The summed E-state index contributed by atoms with van der Waals surface area (Å²) in [6, 6.07) is 10.5. The summed E-state index contributed by atoms with van der Waals surface area (Å²) in [5, 5.41) is 8.69. The normalized spacial score (nSPS) is 11.5. The summed E-state index contributed by atoms with van der Waals surface area (Å²) in [7, 11) is -3.61. The minimum Gasteiger partial charge on any atom is -0.481 e. The van der Waals surface area contributed by atoms with E-state index in [1.165, 1.54) is 12.1 Å². The van der Waals surface area contributed by atoms with Gasteiger partial charge in [0.1, 0.15) is 4.21 Å². The minimum atomic E-state index is -3.61. The van der Waals surface area contributed by atoms with Gasteiger partial charge in [0, 0.05) is 11.4 Å². The van der Waals surface area contributed by atoms with E-state index in [2.05, 4.69) is 4.72 Å². The molecule has 1 heterocycles. The van der Waals surface area contributed by atoms with Gasteiger partial charge in [0.2, 0.25) is 10.0 Å². The summed E-state index contributed by atoms with van der Waals surface area (Å²) in [6.45, 7) is 2.17. The van der Waals surface area contributed by atoms with Gasteiger partial charge in [0.25, 0.3) is 0 Å². The highest BCUT2D eigenvalue weighted by atomic mass is 32.2. The molecule has 0 saturated heterocycles. The zero-order valence-electron chi connectivity index (χ0n) is 11.4. The molecule has 2 aromatic rings. The molecule has 1 aromatic heterocycles. The molecule has 7 heteroatoms. The van der Waals surface area contributed by atoms with Gasteiger partial charge < -0.3 is 5.11 Å². The van der Waals surface area contributed by atoms with E-state index >= 15 is 0 Å².